The molecule has 0 aliphatic carbocycles. The van der Waals surface area contributed by atoms with Gasteiger partial charge in [0.05, 0.1) is 0 Å². The Labute approximate surface area is 147 Å². The second-order valence-corrected chi connectivity index (χ2v) is 6.20. The van der Waals surface area contributed by atoms with Crippen molar-refractivity contribution >= 4 is 34.8 Å². The van der Waals surface area contributed by atoms with Gasteiger partial charge in [0.25, 0.3) is 0 Å². The number of hydrogen-bond donors (Lipinski definition) is 1. The van der Waals surface area contributed by atoms with Crippen LogP contribution >= 0.6 is 11.6 Å². The van der Waals surface area contributed by atoms with Gasteiger partial charge in [-0.15, -0.1) is 0 Å². The topological polar surface area (TPSA) is 49.4 Å². The highest BCUT2D eigenvalue weighted by atomic mass is 35.5. The molecule has 2 aromatic carbocycles. The Bertz CT molecular complexity index is 759. The number of nitrogens with zero attached hydrogens (tertiary/aromatic N) is 1. The maximum absolute atomic E-state index is 12.2. The number of rotatable bonds is 5. The first-order valence-corrected chi connectivity index (χ1v) is 8.15. The van der Waals surface area contributed by atoms with Gasteiger partial charge in [0.15, 0.2) is 0 Å². The molecule has 0 bridgehead atoms. The molecule has 0 aromatic heterocycles. The zero-order valence-corrected chi connectivity index (χ0v) is 14.9. The van der Waals surface area contributed by atoms with Crippen molar-refractivity contribution < 1.29 is 9.59 Å². The van der Waals surface area contributed by atoms with Gasteiger partial charge >= 0.3 is 0 Å². The third kappa shape index (κ3) is 4.83. The van der Waals surface area contributed by atoms with Gasteiger partial charge in [-0.25, -0.2) is 0 Å². The monoisotopic (exact) mass is 344 g/mol. The third-order valence-corrected chi connectivity index (χ3v) is 3.95. The van der Waals surface area contributed by atoms with Crippen LogP contribution in [-0.2, 0) is 9.59 Å². The summed E-state index contributed by atoms with van der Waals surface area (Å²) in [6.45, 7) is 5.69. The summed E-state index contributed by atoms with van der Waals surface area (Å²) in [5.74, 6) is -0.226. The first-order chi connectivity index (χ1) is 11.4. The lowest BCUT2D eigenvalue weighted by molar-refractivity contribution is -0.117. The number of carbonyl (C=O) groups is 2. The van der Waals surface area contributed by atoms with Crippen LogP contribution in [0.2, 0.25) is 5.02 Å². The first kappa shape index (κ1) is 18.0. The summed E-state index contributed by atoms with van der Waals surface area (Å²) in [5, 5.41) is 3.49. The minimum Gasteiger partial charge on any atom is -0.326 e. The van der Waals surface area contributed by atoms with Crippen LogP contribution in [0.25, 0.3) is 0 Å². The highest BCUT2D eigenvalue weighted by Crippen LogP contribution is 2.20. The van der Waals surface area contributed by atoms with E-state index in [0.717, 1.165) is 22.5 Å². The SMILES string of the molecule is CC(=O)N(CCC(=O)Nc1ccc(Cl)cc1C)c1cccc(C)c1. The fraction of sp³-hybridized carbons (Fsp3) is 0.263. The fourth-order valence-electron chi connectivity index (χ4n) is 2.46. The molecule has 0 fully saturated rings. The lowest BCUT2D eigenvalue weighted by Gasteiger charge is -2.21. The molecule has 0 saturated heterocycles. The molecule has 0 aliphatic heterocycles. The first-order valence-electron chi connectivity index (χ1n) is 7.77. The van der Waals surface area contributed by atoms with Crippen molar-refractivity contribution in [2.24, 2.45) is 0 Å². The summed E-state index contributed by atoms with van der Waals surface area (Å²) in [7, 11) is 0. The maximum Gasteiger partial charge on any atom is 0.226 e. The Morgan fingerprint density at radius 3 is 2.50 bits per heavy atom. The molecule has 2 rings (SSSR count). The van der Waals surface area contributed by atoms with Crippen molar-refractivity contribution in [3.8, 4) is 0 Å². The lowest BCUT2D eigenvalue weighted by Crippen LogP contribution is -2.32. The molecule has 24 heavy (non-hydrogen) atoms. The van der Waals surface area contributed by atoms with E-state index in [1.165, 1.54) is 6.92 Å². The lowest BCUT2D eigenvalue weighted by atomic mass is 10.2. The number of anilines is 2. The van der Waals surface area contributed by atoms with Crippen molar-refractivity contribution in [3.05, 3.63) is 58.6 Å². The minimum absolute atomic E-state index is 0.0870. The van der Waals surface area contributed by atoms with E-state index in [9.17, 15) is 9.59 Å². The number of carbonyl (C=O) groups excluding carboxylic acids is 2. The molecule has 126 valence electrons. The van der Waals surface area contributed by atoms with Gasteiger partial charge in [0.1, 0.15) is 0 Å². The van der Waals surface area contributed by atoms with E-state index in [0.29, 0.717) is 11.6 Å². The summed E-state index contributed by atoms with van der Waals surface area (Å²) in [6, 6.07) is 13.0. The average Bonchev–Trinajstić information content (AvgIpc) is 2.50. The van der Waals surface area contributed by atoms with Gasteiger partial charge in [0, 0.05) is 36.3 Å². The zero-order valence-electron chi connectivity index (χ0n) is 14.1. The number of benzene rings is 2. The average molecular weight is 345 g/mol. The van der Waals surface area contributed by atoms with Gasteiger partial charge in [-0.1, -0.05) is 23.7 Å². The Morgan fingerprint density at radius 1 is 1.12 bits per heavy atom. The second kappa shape index (κ2) is 7.97. The second-order valence-electron chi connectivity index (χ2n) is 5.77. The quantitative estimate of drug-likeness (QED) is 0.877. The highest BCUT2D eigenvalue weighted by Gasteiger charge is 2.14. The van der Waals surface area contributed by atoms with E-state index in [1.807, 2.05) is 38.1 Å². The minimum atomic E-state index is -0.140. The van der Waals surface area contributed by atoms with Crippen LogP contribution in [0.5, 0.6) is 0 Å². The van der Waals surface area contributed by atoms with Crippen molar-refractivity contribution in [2.75, 3.05) is 16.8 Å². The highest BCUT2D eigenvalue weighted by molar-refractivity contribution is 6.30. The van der Waals surface area contributed by atoms with E-state index in [-0.39, 0.29) is 18.2 Å². The molecule has 0 atom stereocenters. The molecule has 0 unspecified atom stereocenters. The van der Waals surface area contributed by atoms with Crippen LogP contribution < -0.4 is 10.2 Å². The third-order valence-electron chi connectivity index (χ3n) is 3.72. The zero-order chi connectivity index (χ0) is 17.7. The summed E-state index contributed by atoms with van der Waals surface area (Å²) < 4.78 is 0. The van der Waals surface area contributed by atoms with Gasteiger partial charge in [-0.3, -0.25) is 9.59 Å². The van der Waals surface area contributed by atoms with Gasteiger partial charge in [0.2, 0.25) is 11.8 Å². The van der Waals surface area contributed by atoms with Gasteiger partial charge in [-0.2, -0.15) is 0 Å². The molecule has 0 aliphatic rings. The largest absolute Gasteiger partial charge is 0.326 e. The van der Waals surface area contributed by atoms with Crippen molar-refractivity contribution in [1.29, 1.82) is 0 Å². The molecule has 2 amide bonds. The van der Waals surface area contributed by atoms with Crippen LogP contribution in [0.1, 0.15) is 24.5 Å². The van der Waals surface area contributed by atoms with E-state index in [4.69, 9.17) is 11.6 Å². The van der Waals surface area contributed by atoms with Gasteiger partial charge < -0.3 is 10.2 Å². The van der Waals surface area contributed by atoms with Crippen molar-refractivity contribution in [2.45, 2.75) is 27.2 Å². The Balaban J connectivity index is 2.01. The Hall–Kier alpha value is -2.33. The number of aryl methyl sites for hydroxylation is 2. The van der Waals surface area contributed by atoms with Crippen LogP contribution in [0.15, 0.2) is 42.5 Å². The van der Waals surface area contributed by atoms with E-state index >= 15 is 0 Å². The smallest absolute Gasteiger partial charge is 0.226 e. The molecular formula is C19H21ClN2O2. The fourth-order valence-corrected chi connectivity index (χ4v) is 2.68. The van der Waals surface area contributed by atoms with Gasteiger partial charge in [-0.05, 0) is 55.3 Å². The predicted octanol–water partition coefficient (Wildman–Crippen LogP) is 4.34. The predicted molar refractivity (Wildman–Crippen MR) is 98.6 cm³/mol. The molecule has 4 nitrogen and oxygen atoms in total. The Kier molecular flexibility index (Phi) is 5.99. The van der Waals surface area contributed by atoms with Crippen molar-refractivity contribution in [1.82, 2.24) is 0 Å². The maximum atomic E-state index is 12.2. The molecule has 0 spiro atoms. The normalized spacial score (nSPS) is 10.3. The molecule has 2 aromatic rings. The summed E-state index contributed by atoms with van der Waals surface area (Å²) >= 11 is 5.91. The van der Waals surface area contributed by atoms with Crippen molar-refractivity contribution in [3.63, 3.8) is 0 Å². The molecule has 5 heteroatoms. The number of hydrogen-bond acceptors (Lipinski definition) is 2. The number of nitrogens with one attached hydrogen (secondary N) is 1. The standard InChI is InChI=1S/C19H21ClN2O2/c1-13-5-4-6-17(11-13)22(15(3)23)10-9-19(24)21-18-8-7-16(20)12-14(18)2/h4-8,11-12H,9-10H2,1-3H3,(H,21,24). The van der Waals surface area contributed by atoms with Crippen LogP contribution in [-0.4, -0.2) is 18.4 Å². The summed E-state index contributed by atoms with van der Waals surface area (Å²) in [6.07, 6.45) is 0.218. The number of amides is 2. The number of halogens is 1. The molecular weight excluding hydrogens is 324 g/mol. The van der Waals surface area contributed by atoms with Crippen LogP contribution in [0.3, 0.4) is 0 Å². The van der Waals surface area contributed by atoms with Crippen LogP contribution in [0.4, 0.5) is 11.4 Å². The summed E-state index contributed by atoms with van der Waals surface area (Å²) in [5.41, 5.74) is 3.50. The van der Waals surface area contributed by atoms with E-state index < -0.39 is 0 Å². The summed E-state index contributed by atoms with van der Waals surface area (Å²) in [4.78, 5) is 25.7. The molecule has 0 heterocycles. The molecule has 1 N–H and O–H groups in total. The van der Waals surface area contributed by atoms with Crippen LogP contribution in [0, 0.1) is 13.8 Å². The molecule has 0 radical (unpaired) electrons. The van der Waals surface area contributed by atoms with E-state index in [2.05, 4.69) is 5.32 Å². The Morgan fingerprint density at radius 2 is 1.88 bits per heavy atom. The van der Waals surface area contributed by atoms with E-state index in [1.54, 1.807) is 23.1 Å². The molecule has 0 saturated carbocycles.